The van der Waals surface area contributed by atoms with Crippen molar-refractivity contribution < 1.29 is 43.0 Å². The van der Waals surface area contributed by atoms with E-state index in [4.69, 9.17) is 31.5 Å². The third kappa shape index (κ3) is 12.2. The van der Waals surface area contributed by atoms with Crippen LogP contribution < -0.4 is 21.1 Å². The van der Waals surface area contributed by atoms with Crippen LogP contribution in [0.1, 0.15) is 63.6 Å². The minimum atomic E-state index is -1.27. The van der Waals surface area contributed by atoms with Crippen molar-refractivity contribution in [1.29, 1.82) is 0 Å². The maximum Gasteiger partial charge on any atom is 0.338 e. The van der Waals surface area contributed by atoms with E-state index in [1.54, 1.807) is 85.8 Å². The van der Waals surface area contributed by atoms with E-state index in [9.17, 15) is 28.8 Å². The van der Waals surface area contributed by atoms with Gasteiger partial charge in [-0.1, -0.05) is 139 Å². The van der Waals surface area contributed by atoms with Crippen LogP contribution in [0.2, 0.25) is 5.15 Å². The summed E-state index contributed by atoms with van der Waals surface area (Å²) in [5.41, 5.74) is 10.3. The van der Waals surface area contributed by atoms with Crippen LogP contribution in [-0.2, 0) is 36.9 Å². The fourth-order valence-electron chi connectivity index (χ4n) is 8.71. The van der Waals surface area contributed by atoms with Gasteiger partial charge in [-0.05, 0) is 102 Å². The number of likely N-dealkylation sites (tertiary alicyclic amines) is 2. The van der Waals surface area contributed by atoms with E-state index in [2.05, 4.69) is 27.3 Å². The van der Waals surface area contributed by atoms with Crippen LogP contribution in [0, 0.1) is 11.8 Å². The molecule has 8 rings (SSSR count). The Morgan fingerprint density at radius 2 is 1.32 bits per heavy atom. The lowest BCUT2D eigenvalue weighted by Gasteiger charge is -2.45. The minimum absolute atomic E-state index is 0.0792. The second-order valence-corrected chi connectivity index (χ2v) is 17.8. The summed E-state index contributed by atoms with van der Waals surface area (Å²) >= 11 is 6.12. The second-order valence-electron chi connectivity index (χ2n) is 17.4. The highest BCUT2D eigenvalue weighted by Gasteiger charge is 2.56. The number of aliphatic imine (C=N–C) groups is 1. The number of halogens is 1. The number of carbonyl (C=O) groups is 6. The summed E-state index contributed by atoms with van der Waals surface area (Å²) in [7, 11) is 0. The van der Waals surface area contributed by atoms with E-state index in [1.165, 1.54) is 30.5 Å². The Morgan fingerprint density at radius 3 is 1.92 bits per heavy atom. The third-order valence-corrected chi connectivity index (χ3v) is 12.8. The molecule has 0 unspecified atom stereocenters. The largest absolute Gasteiger partial charge is 0.469 e. The Bertz CT molecular complexity index is 3010. The molecule has 2 aliphatic rings. The van der Waals surface area contributed by atoms with Gasteiger partial charge in [0.1, 0.15) is 29.9 Å². The Hall–Kier alpha value is -8.89. The number of β-lactam (4-membered cyclic amide) rings is 2. The van der Waals surface area contributed by atoms with Crippen molar-refractivity contribution in [2.24, 2.45) is 22.6 Å². The van der Waals surface area contributed by atoms with Crippen LogP contribution in [0.15, 0.2) is 192 Å². The zero-order valence-electron chi connectivity index (χ0n) is 40.2. The van der Waals surface area contributed by atoms with E-state index < -0.39 is 72.0 Å². The lowest BCUT2D eigenvalue weighted by molar-refractivity contribution is -0.170. The number of hydrogen-bond acceptors (Lipinski definition) is 12. The number of benzene rings is 5. The number of nitrogens with one attached hydrogen (secondary N) is 2. The van der Waals surface area contributed by atoms with Gasteiger partial charge < -0.3 is 30.6 Å². The fraction of sp³-hybridized carbons (Fsp3) is 0.193. The molecule has 0 radical (unpaired) electrons. The molecule has 2 saturated heterocycles. The van der Waals surface area contributed by atoms with Gasteiger partial charge in [0.05, 0.1) is 29.5 Å². The van der Waals surface area contributed by atoms with Gasteiger partial charge in [-0.25, -0.2) is 39.0 Å². The van der Waals surface area contributed by atoms with Gasteiger partial charge >= 0.3 is 24.0 Å². The molecule has 2 fully saturated rings. The molecule has 6 amide bonds. The number of nitrogens with zero attached hydrogens (tertiary/aromatic N) is 4. The maximum atomic E-state index is 14.2. The summed E-state index contributed by atoms with van der Waals surface area (Å²) in [6.07, 6.45) is 4.05. The zero-order valence-corrected chi connectivity index (χ0v) is 40.9. The van der Waals surface area contributed by atoms with Crippen molar-refractivity contribution in [3.63, 3.8) is 0 Å². The molecule has 74 heavy (non-hydrogen) atoms. The number of aromatic nitrogens is 1. The smallest absolute Gasteiger partial charge is 0.338 e. The number of amides is 6. The van der Waals surface area contributed by atoms with Crippen LogP contribution in [-0.4, -0.2) is 76.2 Å². The monoisotopic (exact) mass is 1010 g/mol. The molecule has 17 heteroatoms. The first kappa shape index (κ1) is 51.5. The summed E-state index contributed by atoms with van der Waals surface area (Å²) in [5, 5.41) is 6.03. The quantitative estimate of drug-likeness (QED) is 0.0230. The Labute approximate surface area is 432 Å². The molecule has 5 atom stereocenters. The lowest BCUT2D eigenvalue weighted by Crippen LogP contribution is -2.69. The van der Waals surface area contributed by atoms with Crippen LogP contribution >= 0.6 is 11.6 Å². The number of urea groups is 2. The van der Waals surface area contributed by atoms with Gasteiger partial charge in [0.15, 0.2) is 12.3 Å². The molecule has 4 N–H and O–H groups in total. The molecule has 2 aliphatic heterocycles. The summed E-state index contributed by atoms with van der Waals surface area (Å²) in [4.78, 5) is 93.0. The lowest BCUT2D eigenvalue weighted by atomic mass is 9.82. The third-order valence-electron chi connectivity index (χ3n) is 12.6. The van der Waals surface area contributed by atoms with E-state index in [-0.39, 0.29) is 48.3 Å². The fourth-order valence-corrected chi connectivity index (χ4v) is 8.91. The first-order valence-electron chi connectivity index (χ1n) is 23.7. The molecule has 6 aromatic rings. The van der Waals surface area contributed by atoms with E-state index >= 15 is 0 Å². The van der Waals surface area contributed by atoms with Crippen LogP contribution in [0.25, 0.3) is 0 Å². The van der Waals surface area contributed by atoms with E-state index in [0.717, 1.165) is 26.5 Å². The Kier molecular flexibility index (Phi) is 16.7. The summed E-state index contributed by atoms with van der Waals surface area (Å²) in [5.74, 6) is -3.97. The molecular weight excluding hydrogens is 962 g/mol. The summed E-state index contributed by atoms with van der Waals surface area (Å²) < 4.78 is 17.8. The molecular formula is C57H52ClN7O9. The van der Waals surface area contributed by atoms with Gasteiger partial charge in [-0.15, -0.1) is 0 Å². The predicted octanol–water partition coefficient (Wildman–Crippen LogP) is 8.66. The molecule has 376 valence electrons. The number of nitrogens with two attached hydrogens (primary N) is 1. The maximum absolute atomic E-state index is 14.2. The molecule has 16 nitrogen and oxygen atoms in total. The van der Waals surface area contributed by atoms with Gasteiger partial charge in [0.2, 0.25) is 11.8 Å². The van der Waals surface area contributed by atoms with Crippen LogP contribution in [0.4, 0.5) is 9.59 Å². The highest BCUT2D eigenvalue weighted by atomic mass is 35.5. The highest BCUT2D eigenvalue weighted by molar-refractivity contribution is 6.29. The predicted molar refractivity (Wildman–Crippen MR) is 276 cm³/mol. The van der Waals surface area contributed by atoms with Gasteiger partial charge in [0.25, 0.3) is 0 Å². The van der Waals surface area contributed by atoms with Crippen molar-refractivity contribution >= 4 is 54.1 Å². The van der Waals surface area contributed by atoms with Gasteiger partial charge in [-0.2, -0.15) is 0 Å². The van der Waals surface area contributed by atoms with Crippen molar-refractivity contribution in [1.82, 2.24) is 25.4 Å². The Morgan fingerprint density at radius 1 is 0.743 bits per heavy atom. The van der Waals surface area contributed by atoms with Crippen LogP contribution in [0.5, 0.6) is 5.75 Å². The number of allylic oxidation sites excluding steroid dienone is 3. The Balaban J connectivity index is 0.963. The number of pyridine rings is 1. The molecule has 0 saturated carbocycles. The SMILES string of the molecule is C=N/C(N)=C\C(=C/C)C[C@H]1C(=O)N(C(=O)NC(c2ccccc2)c2ccccc2)[C@@H]1Oc1ccc(C(=O)OC[C@@H](NC(=O)N2C(=O)[C@H](Cc3ccnc(Cl)c3)[C@H]2C(=O)OCc2ccccc2)c2ccccc2)cc1. The molecule has 0 aliphatic carbocycles. The number of imide groups is 2. The first-order valence-corrected chi connectivity index (χ1v) is 24.1. The van der Waals surface area contributed by atoms with Crippen molar-refractivity contribution in [3.05, 3.63) is 226 Å². The topological polar surface area (TPSA) is 212 Å². The average Bonchev–Trinajstić information content (AvgIpc) is 3.44. The van der Waals surface area contributed by atoms with E-state index in [0.29, 0.717) is 16.7 Å². The normalized spacial score (nSPS) is 17.8. The van der Waals surface area contributed by atoms with Crippen LogP contribution in [0.3, 0.4) is 0 Å². The van der Waals surface area contributed by atoms with Crippen molar-refractivity contribution in [2.75, 3.05) is 6.61 Å². The second kappa shape index (κ2) is 24.0. The summed E-state index contributed by atoms with van der Waals surface area (Å²) in [6.45, 7) is 4.81. The molecule has 0 bridgehead atoms. The number of carbonyl (C=O) groups excluding carboxylic acids is 6. The number of rotatable bonds is 19. The van der Waals surface area contributed by atoms with Crippen molar-refractivity contribution in [3.8, 4) is 5.75 Å². The first-order chi connectivity index (χ1) is 35.9. The average molecular weight is 1010 g/mol. The molecule has 5 aromatic carbocycles. The van der Waals surface area contributed by atoms with Crippen molar-refractivity contribution in [2.45, 2.75) is 50.7 Å². The minimum Gasteiger partial charge on any atom is -0.469 e. The number of hydrogen-bond donors (Lipinski definition) is 3. The zero-order chi connectivity index (χ0) is 52.1. The molecule has 3 heterocycles. The molecule has 0 spiro atoms. The number of esters is 2. The van der Waals surface area contributed by atoms with Gasteiger partial charge in [0, 0.05) is 6.20 Å². The standard InChI is InChI=1S/C57H52ClN7O9/c1-3-36(33-48(59)60-2)30-45-52(67)65(57(71)63-49(40-20-12-6-13-21-40)41-22-14-7-15-23-41)53(45)74-43-26-24-42(25-27-43)54(68)73-35-46(39-18-10-5-11-19-39)62-56(70)64-50(55(69)72-34-37-16-8-4-9-17-37)44(51(64)66)31-38-28-29-61-47(58)32-38/h3-29,32-33,44-46,49-50,53H,2,30-31,34-35,59H2,1H3,(H,62,70)(H,63,71)/b36-3-,48-33-/t44-,45+,46-,50+,53-/m1/s1. The summed E-state index contributed by atoms with van der Waals surface area (Å²) in [6, 6.07) is 41.2. The highest BCUT2D eigenvalue weighted by Crippen LogP contribution is 2.36. The number of ether oxygens (including phenoxy) is 3. The van der Waals surface area contributed by atoms with Gasteiger partial charge in [-0.3, -0.25) is 9.59 Å². The molecule has 1 aromatic heterocycles. The van der Waals surface area contributed by atoms with E-state index in [1.807, 2.05) is 66.7 Å².